The van der Waals surface area contributed by atoms with Crippen molar-refractivity contribution in [1.82, 2.24) is 19.7 Å². The van der Waals surface area contributed by atoms with Crippen LogP contribution in [-0.2, 0) is 0 Å². The molecular formula is C18H20N6O. The van der Waals surface area contributed by atoms with E-state index in [9.17, 15) is 4.79 Å². The highest BCUT2D eigenvalue weighted by molar-refractivity contribution is 5.99. The molecule has 0 aliphatic rings. The first-order valence-electron chi connectivity index (χ1n) is 7.94. The first-order chi connectivity index (χ1) is 11.9. The molecule has 1 aromatic carbocycles. The number of hydrogen-bond acceptors (Lipinski definition) is 4. The van der Waals surface area contributed by atoms with E-state index in [0.29, 0.717) is 11.6 Å². The molecule has 7 nitrogen and oxygen atoms in total. The fourth-order valence-electron chi connectivity index (χ4n) is 2.55. The zero-order valence-corrected chi connectivity index (χ0v) is 14.7. The van der Waals surface area contributed by atoms with Gasteiger partial charge >= 0.3 is 6.03 Å². The molecule has 128 valence electrons. The standard InChI is InChI=1S/C18H20N6O/c1-11-6-5-7-15(14(11)4)21-18(25)22-16-9-17(20-10-19-16)24-13(3)8-12(2)23-24/h5-10H,1-4H3,(H2,19,20,21,22,25). The lowest BCUT2D eigenvalue weighted by Crippen LogP contribution is -2.21. The third kappa shape index (κ3) is 3.65. The summed E-state index contributed by atoms with van der Waals surface area (Å²) in [6, 6.07) is 9.06. The van der Waals surface area contributed by atoms with E-state index in [2.05, 4.69) is 25.7 Å². The van der Waals surface area contributed by atoms with Gasteiger partial charge in [0, 0.05) is 17.4 Å². The number of amides is 2. The van der Waals surface area contributed by atoms with Crippen LogP contribution >= 0.6 is 0 Å². The smallest absolute Gasteiger partial charge is 0.307 e. The minimum Gasteiger partial charge on any atom is -0.307 e. The predicted molar refractivity (Wildman–Crippen MR) is 97.2 cm³/mol. The lowest BCUT2D eigenvalue weighted by Gasteiger charge is -2.11. The molecule has 0 saturated heterocycles. The largest absolute Gasteiger partial charge is 0.324 e. The average molecular weight is 336 g/mol. The third-order valence-electron chi connectivity index (χ3n) is 3.97. The van der Waals surface area contributed by atoms with Gasteiger partial charge in [-0.2, -0.15) is 5.10 Å². The molecule has 0 saturated carbocycles. The Hall–Kier alpha value is -3.22. The van der Waals surface area contributed by atoms with Crippen molar-refractivity contribution in [1.29, 1.82) is 0 Å². The molecular weight excluding hydrogens is 316 g/mol. The van der Waals surface area contributed by atoms with E-state index in [0.717, 1.165) is 28.2 Å². The second-order valence-electron chi connectivity index (χ2n) is 5.93. The number of nitrogens with zero attached hydrogens (tertiary/aromatic N) is 4. The van der Waals surface area contributed by atoms with Crippen molar-refractivity contribution < 1.29 is 4.79 Å². The Morgan fingerprint density at radius 3 is 2.56 bits per heavy atom. The fraction of sp³-hybridized carbons (Fsp3) is 0.222. The van der Waals surface area contributed by atoms with Crippen LogP contribution in [0, 0.1) is 27.7 Å². The van der Waals surface area contributed by atoms with E-state index >= 15 is 0 Å². The summed E-state index contributed by atoms with van der Waals surface area (Å²) >= 11 is 0. The van der Waals surface area contributed by atoms with Gasteiger partial charge in [0.25, 0.3) is 0 Å². The topological polar surface area (TPSA) is 84.7 Å². The van der Waals surface area contributed by atoms with Crippen molar-refractivity contribution in [2.24, 2.45) is 0 Å². The Kier molecular flexibility index (Phi) is 4.47. The summed E-state index contributed by atoms with van der Waals surface area (Å²) in [5, 5.41) is 9.96. The number of nitrogens with one attached hydrogen (secondary N) is 2. The summed E-state index contributed by atoms with van der Waals surface area (Å²) in [7, 11) is 0. The van der Waals surface area contributed by atoms with Crippen molar-refractivity contribution in [2.75, 3.05) is 10.6 Å². The monoisotopic (exact) mass is 336 g/mol. The van der Waals surface area contributed by atoms with Crippen LogP contribution in [-0.4, -0.2) is 25.8 Å². The normalized spacial score (nSPS) is 10.6. The van der Waals surface area contributed by atoms with E-state index in [1.54, 1.807) is 10.7 Å². The molecule has 0 unspecified atom stereocenters. The Morgan fingerprint density at radius 1 is 1.04 bits per heavy atom. The van der Waals surface area contributed by atoms with Crippen LogP contribution in [0.3, 0.4) is 0 Å². The molecule has 0 atom stereocenters. The first kappa shape index (κ1) is 16.6. The Morgan fingerprint density at radius 2 is 1.84 bits per heavy atom. The van der Waals surface area contributed by atoms with Crippen molar-refractivity contribution >= 4 is 17.5 Å². The summed E-state index contributed by atoms with van der Waals surface area (Å²) in [5.74, 6) is 1.00. The second kappa shape index (κ2) is 6.72. The Balaban J connectivity index is 1.77. The summed E-state index contributed by atoms with van der Waals surface area (Å²) in [6.45, 7) is 7.84. The van der Waals surface area contributed by atoms with Crippen LogP contribution in [0.15, 0.2) is 36.7 Å². The maximum absolute atomic E-state index is 12.3. The SMILES string of the molecule is Cc1cc(C)n(-c2cc(NC(=O)Nc3cccc(C)c3C)ncn2)n1. The van der Waals surface area contributed by atoms with E-state index < -0.39 is 0 Å². The van der Waals surface area contributed by atoms with Gasteiger partial charge in [0.15, 0.2) is 5.82 Å². The maximum atomic E-state index is 12.3. The zero-order chi connectivity index (χ0) is 18.0. The zero-order valence-electron chi connectivity index (χ0n) is 14.7. The van der Waals surface area contributed by atoms with Gasteiger partial charge < -0.3 is 5.32 Å². The molecule has 2 heterocycles. The van der Waals surface area contributed by atoms with Crippen LogP contribution in [0.2, 0.25) is 0 Å². The highest BCUT2D eigenvalue weighted by Gasteiger charge is 2.10. The summed E-state index contributed by atoms with van der Waals surface area (Å²) in [4.78, 5) is 20.6. The first-order valence-corrected chi connectivity index (χ1v) is 7.94. The number of anilines is 2. The predicted octanol–water partition coefficient (Wildman–Crippen LogP) is 3.54. The average Bonchev–Trinajstić information content (AvgIpc) is 2.90. The van der Waals surface area contributed by atoms with E-state index in [4.69, 9.17) is 0 Å². The number of aromatic nitrogens is 4. The number of carbonyl (C=O) groups is 1. The maximum Gasteiger partial charge on any atom is 0.324 e. The second-order valence-corrected chi connectivity index (χ2v) is 5.93. The van der Waals surface area contributed by atoms with E-state index in [1.807, 2.05) is 52.0 Å². The fourth-order valence-corrected chi connectivity index (χ4v) is 2.55. The van der Waals surface area contributed by atoms with Crippen molar-refractivity contribution in [3.8, 4) is 5.82 Å². The number of rotatable bonds is 3. The molecule has 0 radical (unpaired) electrons. The molecule has 0 aliphatic heterocycles. The molecule has 3 aromatic rings. The summed E-state index contributed by atoms with van der Waals surface area (Å²) < 4.78 is 1.71. The van der Waals surface area contributed by atoms with Crippen molar-refractivity contribution in [3.05, 3.63) is 59.2 Å². The highest BCUT2D eigenvalue weighted by atomic mass is 16.2. The lowest BCUT2D eigenvalue weighted by atomic mass is 10.1. The molecule has 25 heavy (non-hydrogen) atoms. The van der Waals surface area contributed by atoms with E-state index in [-0.39, 0.29) is 6.03 Å². The molecule has 0 bridgehead atoms. The number of urea groups is 1. The number of carbonyl (C=O) groups excluding carboxylic acids is 1. The van der Waals surface area contributed by atoms with E-state index in [1.165, 1.54) is 6.33 Å². The van der Waals surface area contributed by atoms with Crippen LogP contribution in [0.5, 0.6) is 0 Å². The number of aryl methyl sites for hydroxylation is 3. The van der Waals surface area contributed by atoms with Gasteiger partial charge in [-0.05, 0) is 51.0 Å². The van der Waals surface area contributed by atoms with Gasteiger partial charge in [-0.15, -0.1) is 0 Å². The summed E-state index contributed by atoms with van der Waals surface area (Å²) in [5.41, 5.74) is 4.78. The Bertz CT molecular complexity index is 931. The lowest BCUT2D eigenvalue weighted by molar-refractivity contribution is 0.262. The summed E-state index contributed by atoms with van der Waals surface area (Å²) in [6.07, 6.45) is 1.40. The van der Waals surface area contributed by atoms with Crippen LogP contribution in [0.25, 0.3) is 5.82 Å². The van der Waals surface area contributed by atoms with Crippen LogP contribution in [0.4, 0.5) is 16.3 Å². The third-order valence-corrected chi connectivity index (χ3v) is 3.97. The minimum absolute atomic E-state index is 0.355. The number of hydrogen-bond donors (Lipinski definition) is 2. The molecule has 2 aromatic heterocycles. The molecule has 7 heteroatoms. The van der Waals surface area contributed by atoms with Gasteiger partial charge in [-0.3, -0.25) is 5.32 Å². The van der Waals surface area contributed by atoms with Gasteiger partial charge in [0.2, 0.25) is 0 Å². The van der Waals surface area contributed by atoms with Crippen LogP contribution in [0.1, 0.15) is 22.5 Å². The number of benzene rings is 1. The van der Waals surface area contributed by atoms with Crippen molar-refractivity contribution in [3.63, 3.8) is 0 Å². The highest BCUT2D eigenvalue weighted by Crippen LogP contribution is 2.18. The van der Waals surface area contributed by atoms with Gasteiger partial charge in [0.1, 0.15) is 12.1 Å². The van der Waals surface area contributed by atoms with Gasteiger partial charge in [-0.1, -0.05) is 12.1 Å². The van der Waals surface area contributed by atoms with Gasteiger partial charge in [0.05, 0.1) is 5.69 Å². The van der Waals surface area contributed by atoms with Gasteiger partial charge in [-0.25, -0.2) is 19.4 Å². The molecule has 0 fully saturated rings. The molecule has 3 rings (SSSR count). The molecule has 2 N–H and O–H groups in total. The van der Waals surface area contributed by atoms with Crippen molar-refractivity contribution in [2.45, 2.75) is 27.7 Å². The quantitative estimate of drug-likeness (QED) is 0.766. The minimum atomic E-state index is -0.355. The van der Waals surface area contributed by atoms with Crippen LogP contribution < -0.4 is 10.6 Å². The molecule has 0 spiro atoms. The Labute approximate surface area is 146 Å². The molecule has 0 aliphatic carbocycles. The molecule has 2 amide bonds.